The second kappa shape index (κ2) is 7.57. The summed E-state index contributed by atoms with van der Waals surface area (Å²) in [6.07, 6.45) is 0. The molecular weight excluding hydrogens is 335 g/mol. The van der Waals surface area contributed by atoms with E-state index in [1.54, 1.807) is 18.2 Å². The maximum atomic E-state index is 11.9. The van der Waals surface area contributed by atoms with Gasteiger partial charge < -0.3 is 15.4 Å². The van der Waals surface area contributed by atoms with Crippen LogP contribution in [0, 0.1) is 20.8 Å². The van der Waals surface area contributed by atoms with Crippen molar-refractivity contribution in [2.75, 3.05) is 12.0 Å². The summed E-state index contributed by atoms with van der Waals surface area (Å²) in [5.41, 5.74) is 3.75. The highest BCUT2D eigenvalue weighted by Crippen LogP contribution is 2.25. The molecule has 122 valence electrons. The fourth-order valence-corrected chi connectivity index (χ4v) is 2.65. The predicted molar refractivity (Wildman–Crippen MR) is 94.8 cm³/mol. The fourth-order valence-electron chi connectivity index (χ4n) is 2.12. The highest BCUT2D eigenvalue weighted by atomic mass is 35.5. The average molecular weight is 353 g/mol. The van der Waals surface area contributed by atoms with E-state index in [4.69, 9.17) is 27.9 Å². The molecule has 0 saturated heterocycles. The molecule has 0 fully saturated rings. The highest BCUT2D eigenvalue weighted by molar-refractivity contribution is 6.35. The predicted octanol–water partition coefficient (Wildman–Crippen LogP) is 5.08. The number of aryl methyl sites for hydroxylation is 2. The highest BCUT2D eigenvalue weighted by Gasteiger charge is 2.08. The molecule has 4 nitrogen and oxygen atoms in total. The molecule has 0 aliphatic heterocycles. The lowest BCUT2D eigenvalue weighted by molar-refractivity contribution is 0.234. The summed E-state index contributed by atoms with van der Waals surface area (Å²) in [5, 5.41) is 6.19. The zero-order valence-electron chi connectivity index (χ0n) is 13.2. The topological polar surface area (TPSA) is 50.4 Å². The maximum absolute atomic E-state index is 11.9. The van der Waals surface area contributed by atoms with Crippen molar-refractivity contribution in [3.8, 4) is 5.75 Å². The lowest BCUT2D eigenvalue weighted by Gasteiger charge is -2.15. The van der Waals surface area contributed by atoms with Crippen LogP contribution in [0.2, 0.25) is 10.0 Å². The fraction of sp³-hybridized carbons (Fsp3) is 0.235. The van der Waals surface area contributed by atoms with E-state index in [1.165, 1.54) is 0 Å². The van der Waals surface area contributed by atoms with Gasteiger partial charge in [0.25, 0.3) is 0 Å². The molecule has 0 aliphatic rings. The number of hydrogen-bond acceptors (Lipinski definition) is 2. The van der Waals surface area contributed by atoms with Crippen molar-refractivity contribution in [2.24, 2.45) is 0 Å². The molecule has 2 N–H and O–H groups in total. The maximum Gasteiger partial charge on any atom is 0.321 e. The molecule has 0 heterocycles. The van der Waals surface area contributed by atoms with Crippen LogP contribution in [0.5, 0.6) is 5.75 Å². The standard InChI is InChI=1S/C17H18Cl2N2O2/c1-10-4-5-11(2)16(12(10)3)23-9-20-17(22)21-15-7-13(18)6-14(19)8-15/h4-8H,9H2,1-3H3,(H2,20,21,22). The Morgan fingerprint density at radius 1 is 1.04 bits per heavy atom. The summed E-state index contributed by atoms with van der Waals surface area (Å²) in [4.78, 5) is 11.9. The van der Waals surface area contributed by atoms with Crippen molar-refractivity contribution in [1.29, 1.82) is 0 Å². The Balaban J connectivity index is 1.91. The Morgan fingerprint density at radius 3 is 2.30 bits per heavy atom. The van der Waals surface area contributed by atoms with Gasteiger partial charge in [0.1, 0.15) is 5.75 Å². The minimum Gasteiger partial charge on any atom is -0.473 e. The first-order chi connectivity index (χ1) is 10.9. The van der Waals surface area contributed by atoms with Crippen molar-refractivity contribution in [1.82, 2.24) is 5.32 Å². The molecule has 0 bridgehead atoms. The Kier molecular flexibility index (Phi) is 5.74. The second-order valence-electron chi connectivity index (χ2n) is 5.23. The molecular formula is C17H18Cl2N2O2. The third-order valence-electron chi connectivity index (χ3n) is 3.44. The number of anilines is 1. The van der Waals surface area contributed by atoms with Gasteiger partial charge in [0.05, 0.1) is 0 Å². The van der Waals surface area contributed by atoms with Gasteiger partial charge in [-0.1, -0.05) is 35.3 Å². The Morgan fingerprint density at radius 2 is 1.65 bits per heavy atom. The average Bonchev–Trinajstić information content (AvgIpc) is 2.45. The third-order valence-corrected chi connectivity index (χ3v) is 3.88. The normalized spacial score (nSPS) is 10.3. The van der Waals surface area contributed by atoms with Crippen molar-refractivity contribution < 1.29 is 9.53 Å². The molecule has 23 heavy (non-hydrogen) atoms. The van der Waals surface area contributed by atoms with Gasteiger partial charge in [-0.25, -0.2) is 4.79 Å². The number of nitrogens with one attached hydrogen (secondary N) is 2. The minimum absolute atomic E-state index is 0.0608. The summed E-state index contributed by atoms with van der Waals surface area (Å²) in [6, 6.07) is 8.46. The van der Waals surface area contributed by atoms with Crippen molar-refractivity contribution in [2.45, 2.75) is 20.8 Å². The first-order valence-corrected chi connectivity index (χ1v) is 7.83. The van der Waals surface area contributed by atoms with E-state index in [0.29, 0.717) is 15.7 Å². The molecule has 0 unspecified atom stereocenters. The van der Waals surface area contributed by atoms with E-state index in [0.717, 1.165) is 22.4 Å². The summed E-state index contributed by atoms with van der Waals surface area (Å²) in [6.45, 7) is 6.04. The number of ether oxygens (including phenoxy) is 1. The number of rotatable bonds is 4. The molecule has 0 aliphatic carbocycles. The SMILES string of the molecule is Cc1ccc(C)c(OCNC(=O)Nc2cc(Cl)cc(Cl)c2)c1C. The Labute approximate surface area is 145 Å². The lowest BCUT2D eigenvalue weighted by atomic mass is 10.1. The number of amides is 2. The van der Waals surface area contributed by atoms with E-state index >= 15 is 0 Å². The second-order valence-corrected chi connectivity index (χ2v) is 6.10. The number of urea groups is 1. The summed E-state index contributed by atoms with van der Waals surface area (Å²) in [5.74, 6) is 0.788. The zero-order valence-corrected chi connectivity index (χ0v) is 14.7. The molecule has 0 aromatic heterocycles. The van der Waals surface area contributed by atoms with Gasteiger partial charge in [-0.15, -0.1) is 0 Å². The largest absolute Gasteiger partial charge is 0.473 e. The van der Waals surface area contributed by atoms with Gasteiger partial charge in [0.2, 0.25) is 0 Å². The monoisotopic (exact) mass is 352 g/mol. The summed E-state index contributed by atoms with van der Waals surface area (Å²) >= 11 is 11.8. The number of carbonyl (C=O) groups is 1. The van der Waals surface area contributed by atoms with Crippen LogP contribution in [0.25, 0.3) is 0 Å². The van der Waals surface area contributed by atoms with E-state index in [1.807, 2.05) is 32.9 Å². The zero-order chi connectivity index (χ0) is 17.0. The molecule has 0 radical (unpaired) electrons. The molecule has 6 heteroatoms. The van der Waals surface area contributed by atoms with Crippen LogP contribution in [-0.2, 0) is 0 Å². The first kappa shape index (κ1) is 17.4. The van der Waals surface area contributed by atoms with E-state index < -0.39 is 6.03 Å². The van der Waals surface area contributed by atoms with Crippen molar-refractivity contribution in [3.63, 3.8) is 0 Å². The van der Waals surface area contributed by atoms with Gasteiger partial charge in [-0.05, 0) is 55.7 Å². The number of halogens is 2. The molecule has 2 amide bonds. The van der Waals surface area contributed by atoms with Crippen LogP contribution in [0.15, 0.2) is 30.3 Å². The van der Waals surface area contributed by atoms with Crippen LogP contribution in [-0.4, -0.2) is 12.8 Å². The number of carbonyl (C=O) groups excluding carboxylic acids is 1. The lowest BCUT2D eigenvalue weighted by Crippen LogP contribution is -2.32. The van der Waals surface area contributed by atoms with Crippen molar-refractivity contribution in [3.05, 3.63) is 57.1 Å². The minimum atomic E-state index is -0.397. The quantitative estimate of drug-likeness (QED) is 0.754. The molecule has 0 spiro atoms. The first-order valence-electron chi connectivity index (χ1n) is 7.07. The van der Waals surface area contributed by atoms with E-state index in [2.05, 4.69) is 10.6 Å². The third kappa shape index (κ3) is 4.78. The Bertz CT molecular complexity index is 713. The Hall–Kier alpha value is -1.91. The molecule has 2 aromatic rings. The summed E-state index contributed by atoms with van der Waals surface area (Å²) in [7, 11) is 0. The van der Waals surface area contributed by atoms with Gasteiger partial charge in [0, 0.05) is 15.7 Å². The van der Waals surface area contributed by atoms with Crippen LogP contribution in [0.4, 0.5) is 10.5 Å². The van der Waals surface area contributed by atoms with Crippen LogP contribution < -0.4 is 15.4 Å². The summed E-state index contributed by atoms with van der Waals surface area (Å²) < 4.78 is 5.68. The number of hydrogen-bond donors (Lipinski definition) is 2. The van der Waals surface area contributed by atoms with Crippen LogP contribution >= 0.6 is 23.2 Å². The molecule has 0 saturated carbocycles. The van der Waals surface area contributed by atoms with E-state index in [-0.39, 0.29) is 6.73 Å². The molecule has 0 atom stereocenters. The smallest absolute Gasteiger partial charge is 0.321 e. The van der Waals surface area contributed by atoms with Crippen molar-refractivity contribution >= 4 is 34.9 Å². The molecule has 2 aromatic carbocycles. The number of benzene rings is 2. The van der Waals surface area contributed by atoms with Gasteiger partial charge in [0.15, 0.2) is 6.73 Å². The molecule has 2 rings (SSSR count). The van der Waals surface area contributed by atoms with Crippen LogP contribution in [0.3, 0.4) is 0 Å². The van der Waals surface area contributed by atoms with Gasteiger partial charge >= 0.3 is 6.03 Å². The van der Waals surface area contributed by atoms with E-state index in [9.17, 15) is 4.79 Å². The van der Waals surface area contributed by atoms with Crippen LogP contribution in [0.1, 0.15) is 16.7 Å². The van der Waals surface area contributed by atoms with Gasteiger partial charge in [-0.2, -0.15) is 0 Å². The van der Waals surface area contributed by atoms with Gasteiger partial charge in [-0.3, -0.25) is 0 Å².